The third kappa shape index (κ3) is 3.35. The van der Waals surface area contributed by atoms with Crippen molar-refractivity contribution in [3.63, 3.8) is 0 Å². The number of rotatable bonds is 4. The van der Waals surface area contributed by atoms with E-state index in [2.05, 4.69) is 28.7 Å². The Kier molecular flexibility index (Phi) is 4.38. The van der Waals surface area contributed by atoms with Gasteiger partial charge in [-0.2, -0.15) is 5.26 Å². The molecule has 29 heavy (non-hydrogen) atoms. The van der Waals surface area contributed by atoms with Crippen LogP contribution in [-0.2, 0) is 5.41 Å². The summed E-state index contributed by atoms with van der Waals surface area (Å²) in [5.74, 6) is 1.68. The maximum absolute atomic E-state index is 8.99. The molecule has 4 aromatic rings. The molecular weight excluding hydrogens is 364 g/mol. The van der Waals surface area contributed by atoms with Gasteiger partial charge >= 0.3 is 0 Å². The first-order valence-electron chi connectivity index (χ1n) is 8.82. The minimum Gasteiger partial charge on any atom is -0.359 e. The maximum atomic E-state index is 8.99. The first-order valence-corrected chi connectivity index (χ1v) is 8.82. The molecule has 0 fully saturated rings. The van der Waals surface area contributed by atoms with Crippen LogP contribution in [0.1, 0.15) is 30.9 Å². The molecule has 8 heteroatoms. The molecule has 4 aromatic heterocycles. The lowest BCUT2D eigenvalue weighted by Crippen LogP contribution is -2.23. The predicted octanol–water partition coefficient (Wildman–Crippen LogP) is 3.60. The zero-order valence-electron chi connectivity index (χ0n) is 15.9. The lowest BCUT2D eigenvalue weighted by molar-refractivity contribution is 0.591. The number of nitriles is 1. The summed E-state index contributed by atoms with van der Waals surface area (Å²) < 4.78 is 3.45. The first-order chi connectivity index (χ1) is 14.0. The molecule has 0 radical (unpaired) electrons. The molecule has 4 heterocycles. The topological polar surface area (TPSA) is 89.6 Å². The molecule has 0 aliphatic heterocycles. The highest BCUT2D eigenvalue weighted by Crippen LogP contribution is 2.30. The number of nitrogens with zero attached hydrogens (tertiary/aromatic N) is 8. The molecule has 140 valence electrons. The van der Waals surface area contributed by atoms with Gasteiger partial charge in [0.2, 0.25) is 0 Å². The number of imidazole rings is 2. The lowest BCUT2D eigenvalue weighted by Gasteiger charge is -2.24. The molecule has 0 atom stereocenters. The molecule has 0 bridgehead atoms. The Morgan fingerprint density at radius 2 is 1.52 bits per heavy atom. The Bertz CT molecular complexity index is 1170. The average molecular weight is 380 g/mol. The van der Waals surface area contributed by atoms with Gasteiger partial charge in [0.05, 0.1) is 11.4 Å². The first kappa shape index (κ1) is 18.1. The molecule has 0 aliphatic carbocycles. The van der Waals surface area contributed by atoms with E-state index in [-0.39, 0.29) is 0 Å². The summed E-state index contributed by atoms with van der Waals surface area (Å²) in [5, 5.41) is 8.99. The third-order valence-corrected chi connectivity index (χ3v) is 4.66. The van der Waals surface area contributed by atoms with Gasteiger partial charge < -0.3 is 4.85 Å². The van der Waals surface area contributed by atoms with Gasteiger partial charge in [0.1, 0.15) is 24.0 Å². The summed E-state index contributed by atoms with van der Waals surface area (Å²) in [4.78, 5) is 21.0. The van der Waals surface area contributed by atoms with E-state index in [1.807, 2.05) is 42.5 Å². The molecule has 8 nitrogen and oxygen atoms in total. The van der Waals surface area contributed by atoms with Gasteiger partial charge in [-0.3, -0.25) is 9.13 Å². The summed E-state index contributed by atoms with van der Waals surface area (Å²) in [6.07, 6.45) is 6.45. The van der Waals surface area contributed by atoms with E-state index in [9.17, 15) is 0 Å². The van der Waals surface area contributed by atoms with Gasteiger partial charge in [0, 0.05) is 17.8 Å². The lowest BCUT2D eigenvalue weighted by atomic mass is 9.84. The van der Waals surface area contributed by atoms with E-state index in [0.717, 1.165) is 11.4 Å². The van der Waals surface area contributed by atoms with Gasteiger partial charge in [-0.25, -0.2) is 15.0 Å². The summed E-state index contributed by atoms with van der Waals surface area (Å²) in [7, 11) is 0. The standard InChI is InChI=1S/C21H16N8/c1-21(2,16-6-4-8-19(26-16)28-11-15(10-22)24-13-28)17-7-5-9-20(27-17)29-12-18(23-3)25-14-29/h4-9,11-14H,1-2H3. The maximum Gasteiger partial charge on any atom is 0.287 e. The summed E-state index contributed by atoms with van der Waals surface area (Å²) in [6, 6.07) is 13.5. The molecular formula is C21H16N8. The van der Waals surface area contributed by atoms with Gasteiger partial charge in [-0.05, 0) is 38.1 Å². The van der Waals surface area contributed by atoms with Gasteiger partial charge in [0.25, 0.3) is 5.82 Å². The Hall–Kier alpha value is -4.30. The highest BCUT2D eigenvalue weighted by atomic mass is 15.1. The molecule has 0 saturated heterocycles. The van der Waals surface area contributed by atoms with Crippen molar-refractivity contribution in [3.8, 4) is 17.7 Å². The van der Waals surface area contributed by atoms with Crippen molar-refractivity contribution in [3.05, 3.63) is 89.9 Å². The monoisotopic (exact) mass is 380 g/mol. The van der Waals surface area contributed by atoms with Crippen LogP contribution in [0.15, 0.2) is 61.4 Å². The fourth-order valence-electron chi connectivity index (χ4n) is 2.96. The Balaban J connectivity index is 1.72. The second-order valence-electron chi connectivity index (χ2n) is 6.92. The van der Waals surface area contributed by atoms with E-state index in [4.69, 9.17) is 21.8 Å². The summed E-state index contributed by atoms with van der Waals surface area (Å²) in [6.45, 7) is 11.2. The second-order valence-corrected chi connectivity index (χ2v) is 6.92. The van der Waals surface area contributed by atoms with Crippen LogP contribution in [0, 0.1) is 17.9 Å². The quantitative estimate of drug-likeness (QED) is 0.505. The number of hydrogen-bond donors (Lipinski definition) is 0. The normalized spacial score (nSPS) is 11.0. The van der Waals surface area contributed by atoms with Gasteiger partial charge in [0.15, 0.2) is 12.0 Å². The average Bonchev–Trinajstić information content (AvgIpc) is 3.43. The van der Waals surface area contributed by atoms with Crippen LogP contribution in [0.5, 0.6) is 0 Å². The summed E-state index contributed by atoms with van der Waals surface area (Å²) in [5.41, 5.74) is 1.53. The van der Waals surface area contributed by atoms with Crippen molar-refractivity contribution < 1.29 is 0 Å². The zero-order chi connectivity index (χ0) is 20.4. The number of pyridine rings is 2. The highest BCUT2D eigenvalue weighted by molar-refractivity contribution is 5.39. The number of hydrogen-bond acceptors (Lipinski definition) is 5. The predicted molar refractivity (Wildman–Crippen MR) is 106 cm³/mol. The minimum atomic E-state index is -0.478. The fourth-order valence-corrected chi connectivity index (χ4v) is 2.96. The van der Waals surface area contributed by atoms with Gasteiger partial charge in [-0.1, -0.05) is 18.7 Å². The molecule has 0 N–H and O–H groups in total. The zero-order valence-corrected chi connectivity index (χ0v) is 15.9. The fraction of sp³-hybridized carbons (Fsp3) is 0.143. The van der Waals surface area contributed by atoms with Crippen LogP contribution in [0.3, 0.4) is 0 Å². The van der Waals surface area contributed by atoms with Crippen LogP contribution in [-0.4, -0.2) is 29.1 Å². The third-order valence-electron chi connectivity index (χ3n) is 4.66. The number of aromatic nitrogens is 6. The molecule has 0 aromatic carbocycles. The highest BCUT2D eigenvalue weighted by Gasteiger charge is 2.27. The smallest absolute Gasteiger partial charge is 0.287 e. The van der Waals surface area contributed by atoms with E-state index in [1.54, 1.807) is 34.2 Å². The van der Waals surface area contributed by atoms with Crippen molar-refractivity contribution in [1.82, 2.24) is 29.1 Å². The van der Waals surface area contributed by atoms with Crippen molar-refractivity contribution in [1.29, 1.82) is 5.26 Å². The van der Waals surface area contributed by atoms with Crippen molar-refractivity contribution >= 4 is 5.82 Å². The molecule has 0 unspecified atom stereocenters. The van der Waals surface area contributed by atoms with Crippen molar-refractivity contribution in [2.45, 2.75) is 19.3 Å². The van der Waals surface area contributed by atoms with Crippen LogP contribution in [0.4, 0.5) is 5.82 Å². The largest absolute Gasteiger partial charge is 0.359 e. The van der Waals surface area contributed by atoms with Crippen molar-refractivity contribution in [2.24, 2.45) is 0 Å². The van der Waals surface area contributed by atoms with Crippen molar-refractivity contribution in [2.75, 3.05) is 0 Å². The van der Waals surface area contributed by atoms with E-state index >= 15 is 0 Å². The SMILES string of the molecule is [C-]#[N+]c1cn(-c2cccc(C(C)(C)c3cccc(-n4cnc(C#N)c4)n3)n2)cn1. The van der Waals surface area contributed by atoms with Crippen LogP contribution >= 0.6 is 0 Å². The molecule has 0 aliphatic rings. The van der Waals surface area contributed by atoms with Crippen LogP contribution in [0.25, 0.3) is 16.5 Å². The Morgan fingerprint density at radius 1 is 0.931 bits per heavy atom. The Morgan fingerprint density at radius 3 is 2.03 bits per heavy atom. The molecule has 0 saturated carbocycles. The molecule has 4 rings (SSSR count). The minimum absolute atomic E-state index is 0.322. The van der Waals surface area contributed by atoms with Crippen LogP contribution in [0.2, 0.25) is 0 Å². The Labute approximate surface area is 167 Å². The van der Waals surface area contributed by atoms with E-state index in [1.165, 1.54) is 0 Å². The van der Waals surface area contributed by atoms with Crippen LogP contribution < -0.4 is 0 Å². The van der Waals surface area contributed by atoms with Gasteiger partial charge in [-0.15, -0.1) is 4.98 Å². The van der Waals surface area contributed by atoms with E-state index < -0.39 is 5.41 Å². The van der Waals surface area contributed by atoms with E-state index in [0.29, 0.717) is 23.1 Å². The summed E-state index contributed by atoms with van der Waals surface area (Å²) >= 11 is 0. The molecule has 0 amide bonds. The molecule has 0 spiro atoms. The second kappa shape index (κ2) is 7.02.